The number of aryl methyl sites for hydroxylation is 2. The van der Waals surface area contributed by atoms with Gasteiger partial charge in [-0.1, -0.05) is 0 Å². The molecule has 0 aliphatic heterocycles. The number of aromatic amines is 1. The third-order valence-electron chi connectivity index (χ3n) is 2.36. The molecule has 0 spiro atoms. The summed E-state index contributed by atoms with van der Waals surface area (Å²) in [4.78, 5) is 11.3. The number of hydrogen-bond donors (Lipinski definition) is 3. The highest BCUT2D eigenvalue weighted by Gasteiger charge is 2.07. The van der Waals surface area contributed by atoms with Gasteiger partial charge < -0.3 is 10.6 Å². The lowest BCUT2D eigenvalue weighted by molar-refractivity contribution is 0.238. The van der Waals surface area contributed by atoms with Crippen molar-refractivity contribution in [2.75, 3.05) is 6.54 Å². The molecule has 1 heterocycles. The molecule has 1 aromatic heterocycles. The van der Waals surface area contributed by atoms with Gasteiger partial charge in [-0.2, -0.15) is 5.10 Å². The van der Waals surface area contributed by atoms with Crippen LogP contribution in [0.15, 0.2) is 0 Å². The normalized spacial score (nSPS) is 10.6. The third kappa shape index (κ3) is 3.56. The predicted molar refractivity (Wildman–Crippen MR) is 63.4 cm³/mol. The molecule has 0 saturated heterocycles. The molecule has 0 saturated carbocycles. The highest BCUT2D eigenvalue weighted by molar-refractivity contribution is 5.74. The Kier molecular flexibility index (Phi) is 4.34. The Balaban J connectivity index is 2.33. The molecule has 0 bridgehead atoms. The molecule has 0 radical (unpaired) electrons. The van der Waals surface area contributed by atoms with Crippen molar-refractivity contribution in [2.45, 2.75) is 40.2 Å². The predicted octanol–water partition coefficient (Wildman–Crippen LogP) is 1.28. The molecule has 0 fully saturated rings. The van der Waals surface area contributed by atoms with Crippen LogP contribution >= 0.6 is 0 Å². The minimum absolute atomic E-state index is 0.117. The molecular weight excluding hydrogens is 204 g/mol. The fourth-order valence-electron chi connectivity index (χ4n) is 1.56. The van der Waals surface area contributed by atoms with Crippen LogP contribution in [0.25, 0.3) is 0 Å². The van der Waals surface area contributed by atoms with E-state index in [1.54, 1.807) is 0 Å². The largest absolute Gasteiger partial charge is 0.338 e. The molecular formula is C11H20N4O. The average Bonchev–Trinajstić information content (AvgIpc) is 2.47. The van der Waals surface area contributed by atoms with E-state index >= 15 is 0 Å². The molecule has 0 aromatic carbocycles. The average molecular weight is 224 g/mol. The Morgan fingerprint density at radius 2 is 2.12 bits per heavy atom. The smallest absolute Gasteiger partial charge is 0.314 e. The van der Waals surface area contributed by atoms with Crippen molar-refractivity contribution in [1.82, 2.24) is 20.8 Å². The second-order valence-electron chi connectivity index (χ2n) is 4.22. The first-order valence-corrected chi connectivity index (χ1v) is 5.55. The van der Waals surface area contributed by atoms with Gasteiger partial charge in [0.15, 0.2) is 0 Å². The first-order valence-electron chi connectivity index (χ1n) is 5.55. The molecule has 5 nitrogen and oxygen atoms in total. The van der Waals surface area contributed by atoms with E-state index in [-0.39, 0.29) is 12.1 Å². The zero-order chi connectivity index (χ0) is 12.1. The number of hydrogen-bond acceptors (Lipinski definition) is 2. The van der Waals surface area contributed by atoms with E-state index in [2.05, 4.69) is 20.8 Å². The monoisotopic (exact) mass is 224 g/mol. The fourth-order valence-corrected chi connectivity index (χ4v) is 1.56. The van der Waals surface area contributed by atoms with Gasteiger partial charge in [0.25, 0.3) is 0 Å². The molecule has 0 unspecified atom stereocenters. The molecule has 1 aromatic rings. The maximum absolute atomic E-state index is 11.3. The second-order valence-corrected chi connectivity index (χ2v) is 4.22. The lowest BCUT2D eigenvalue weighted by Crippen LogP contribution is -2.40. The number of rotatable bonds is 4. The van der Waals surface area contributed by atoms with E-state index in [0.717, 1.165) is 17.8 Å². The van der Waals surface area contributed by atoms with Crippen LogP contribution in [0, 0.1) is 13.8 Å². The Morgan fingerprint density at radius 1 is 1.44 bits per heavy atom. The van der Waals surface area contributed by atoms with E-state index in [0.29, 0.717) is 6.54 Å². The number of amides is 2. The number of urea groups is 1. The number of carbonyl (C=O) groups excluding carboxylic acids is 1. The Labute approximate surface area is 96.0 Å². The van der Waals surface area contributed by atoms with E-state index in [9.17, 15) is 4.79 Å². The number of carbonyl (C=O) groups is 1. The van der Waals surface area contributed by atoms with E-state index in [1.807, 2.05) is 27.7 Å². The number of nitrogens with zero attached hydrogens (tertiary/aromatic N) is 1. The molecule has 16 heavy (non-hydrogen) atoms. The Hall–Kier alpha value is -1.52. The maximum atomic E-state index is 11.3. The molecule has 2 amide bonds. The maximum Gasteiger partial charge on any atom is 0.314 e. The van der Waals surface area contributed by atoms with Crippen LogP contribution in [0.1, 0.15) is 30.8 Å². The molecule has 90 valence electrons. The van der Waals surface area contributed by atoms with Gasteiger partial charge in [0.05, 0.1) is 5.69 Å². The summed E-state index contributed by atoms with van der Waals surface area (Å²) in [7, 11) is 0. The van der Waals surface area contributed by atoms with Crippen LogP contribution in [0.4, 0.5) is 4.79 Å². The van der Waals surface area contributed by atoms with Gasteiger partial charge >= 0.3 is 6.03 Å². The van der Waals surface area contributed by atoms with Crippen LogP contribution in [0.3, 0.4) is 0 Å². The summed E-state index contributed by atoms with van der Waals surface area (Å²) >= 11 is 0. The van der Waals surface area contributed by atoms with Crippen LogP contribution in [-0.2, 0) is 6.42 Å². The molecule has 1 rings (SSSR count). The summed E-state index contributed by atoms with van der Waals surface area (Å²) in [6.45, 7) is 8.45. The van der Waals surface area contributed by atoms with E-state index in [4.69, 9.17) is 0 Å². The van der Waals surface area contributed by atoms with Crippen molar-refractivity contribution in [3.8, 4) is 0 Å². The van der Waals surface area contributed by atoms with Crippen molar-refractivity contribution < 1.29 is 4.79 Å². The SMILES string of the molecule is Cc1n[nH]c(C)c1CCNC(=O)NC(C)C. The van der Waals surface area contributed by atoms with Crippen LogP contribution in [0.5, 0.6) is 0 Å². The first-order chi connectivity index (χ1) is 7.50. The molecule has 0 atom stereocenters. The Bertz CT molecular complexity index is 337. The highest BCUT2D eigenvalue weighted by atomic mass is 16.2. The van der Waals surface area contributed by atoms with Gasteiger partial charge in [0, 0.05) is 18.3 Å². The van der Waals surface area contributed by atoms with Crippen molar-refractivity contribution >= 4 is 6.03 Å². The minimum atomic E-state index is -0.117. The van der Waals surface area contributed by atoms with Gasteiger partial charge in [-0.25, -0.2) is 4.79 Å². The summed E-state index contributed by atoms with van der Waals surface area (Å²) in [6, 6.07) is 0.0474. The highest BCUT2D eigenvalue weighted by Crippen LogP contribution is 2.08. The Morgan fingerprint density at radius 3 is 2.62 bits per heavy atom. The zero-order valence-electron chi connectivity index (χ0n) is 10.3. The van der Waals surface area contributed by atoms with E-state index < -0.39 is 0 Å². The topological polar surface area (TPSA) is 69.8 Å². The van der Waals surface area contributed by atoms with Gasteiger partial charge in [-0.3, -0.25) is 5.10 Å². The molecule has 3 N–H and O–H groups in total. The zero-order valence-corrected chi connectivity index (χ0v) is 10.3. The summed E-state index contributed by atoms with van der Waals surface area (Å²) in [5, 5.41) is 12.6. The third-order valence-corrected chi connectivity index (χ3v) is 2.36. The van der Waals surface area contributed by atoms with Crippen molar-refractivity contribution in [3.05, 3.63) is 17.0 Å². The summed E-state index contributed by atoms with van der Waals surface area (Å²) in [6.07, 6.45) is 0.805. The minimum Gasteiger partial charge on any atom is -0.338 e. The van der Waals surface area contributed by atoms with Gasteiger partial charge in [-0.15, -0.1) is 0 Å². The quantitative estimate of drug-likeness (QED) is 0.721. The van der Waals surface area contributed by atoms with Crippen molar-refractivity contribution in [3.63, 3.8) is 0 Å². The lowest BCUT2D eigenvalue weighted by Gasteiger charge is -2.09. The summed E-state index contributed by atoms with van der Waals surface area (Å²) in [5.41, 5.74) is 3.26. The van der Waals surface area contributed by atoms with Crippen LogP contribution < -0.4 is 10.6 Å². The second kappa shape index (κ2) is 5.53. The lowest BCUT2D eigenvalue weighted by atomic mass is 10.1. The van der Waals surface area contributed by atoms with Crippen molar-refractivity contribution in [2.24, 2.45) is 0 Å². The fraction of sp³-hybridized carbons (Fsp3) is 0.636. The number of aromatic nitrogens is 2. The summed E-state index contributed by atoms with van der Waals surface area (Å²) in [5.74, 6) is 0. The van der Waals surface area contributed by atoms with E-state index in [1.165, 1.54) is 5.56 Å². The molecule has 0 aliphatic carbocycles. The standard InChI is InChI=1S/C11H20N4O/c1-7(2)13-11(16)12-6-5-10-8(3)14-15-9(10)4/h7H,5-6H2,1-4H3,(H,14,15)(H2,12,13,16). The van der Waals surface area contributed by atoms with Gasteiger partial charge in [-0.05, 0) is 39.7 Å². The van der Waals surface area contributed by atoms with Crippen LogP contribution in [-0.4, -0.2) is 28.8 Å². The molecule has 0 aliphatic rings. The van der Waals surface area contributed by atoms with Crippen molar-refractivity contribution in [1.29, 1.82) is 0 Å². The number of nitrogens with one attached hydrogen (secondary N) is 3. The van der Waals surface area contributed by atoms with Gasteiger partial charge in [0.1, 0.15) is 0 Å². The first kappa shape index (κ1) is 12.5. The van der Waals surface area contributed by atoms with Gasteiger partial charge in [0.2, 0.25) is 0 Å². The number of H-pyrrole nitrogens is 1. The summed E-state index contributed by atoms with van der Waals surface area (Å²) < 4.78 is 0. The molecule has 5 heteroatoms. The van der Waals surface area contributed by atoms with Crippen LogP contribution in [0.2, 0.25) is 0 Å².